The molecule has 1 aliphatic heterocycles. The molecule has 114 valence electrons. The summed E-state index contributed by atoms with van der Waals surface area (Å²) < 4.78 is 6.51. The first kappa shape index (κ1) is 14.3. The minimum atomic E-state index is -0.240. The predicted octanol–water partition coefficient (Wildman–Crippen LogP) is 0.122. The Morgan fingerprint density at radius 2 is 2.19 bits per heavy atom. The van der Waals surface area contributed by atoms with Crippen molar-refractivity contribution in [1.82, 2.24) is 25.1 Å². The summed E-state index contributed by atoms with van der Waals surface area (Å²) in [6.07, 6.45) is 2.86. The summed E-state index contributed by atoms with van der Waals surface area (Å²) in [7, 11) is 1.38. The minimum absolute atomic E-state index is 0.0109. The Kier molecular flexibility index (Phi) is 4.09. The van der Waals surface area contributed by atoms with Crippen molar-refractivity contribution in [3.05, 3.63) is 0 Å². The second-order valence-electron chi connectivity index (χ2n) is 5.27. The highest BCUT2D eigenvalue weighted by atomic mass is 32.2. The van der Waals surface area contributed by atoms with Crippen LogP contribution >= 0.6 is 11.8 Å². The summed E-state index contributed by atoms with van der Waals surface area (Å²) in [5, 5.41) is 12.3. The van der Waals surface area contributed by atoms with Crippen LogP contribution in [0.4, 0.5) is 0 Å². The quantitative estimate of drug-likeness (QED) is 0.563. The van der Waals surface area contributed by atoms with Gasteiger partial charge in [0.15, 0.2) is 0 Å². The zero-order chi connectivity index (χ0) is 14.8. The predicted molar refractivity (Wildman–Crippen MR) is 73.5 cm³/mol. The first-order chi connectivity index (χ1) is 10.2. The molecule has 0 spiro atoms. The van der Waals surface area contributed by atoms with Crippen LogP contribution in [0.3, 0.4) is 0 Å². The Balaban J connectivity index is 1.50. The topological polar surface area (TPSA) is 90.2 Å². The number of carbonyl (C=O) groups is 2. The molecule has 1 atom stereocenters. The van der Waals surface area contributed by atoms with E-state index in [0.29, 0.717) is 36.5 Å². The van der Waals surface area contributed by atoms with Gasteiger partial charge in [-0.05, 0) is 29.7 Å². The lowest BCUT2D eigenvalue weighted by Gasteiger charge is -2.15. The molecule has 2 aliphatic rings. The van der Waals surface area contributed by atoms with Gasteiger partial charge < -0.3 is 9.64 Å². The number of carbonyl (C=O) groups excluding carboxylic acids is 2. The van der Waals surface area contributed by atoms with E-state index in [1.165, 1.54) is 18.9 Å². The standard InChI is InChI=1S/C12H17N5O3S/c1-20-11(19)8-4-5-16(6-8)10(18)7-21-12-13-14-15-17(12)9-2-3-9/h8-9H,2-7H2,1H3. The highest BCUT2D eigenvalue weighted by molar-refractivity contribution is 7.99. The van der Waals surface area contributed by atoms with Crippen LogP contribution in [0.15, 0.2) is 5.16 Å². The van der Waals surface area contributed by atoms with Gasteiger partial charge in [-0.25, -0.2) is 4.68 Å². The first-order valence-electron chi connectivity index (χ1n) is 6.95. The van der Waals surface area contributed by atoms with Crippen LogP contribution in [0.25, 0.3) is 0 Å². The molecule has 1 saturated heterocycles. The van der Waals surface area contributed by atoms with E-state index in [1.54, 1.807) is 9.58 Å². The molecule has 3 rings (SSSR count). The second-order valence-corrected chi connectivity index (χ2v) is 6.22. The van der Waals surface area contributed by atoms with Crippen molar-refractivity contribution in [2.24, 2.45) is 5.92 Å². The van der Waals surface area contributed by atoms with Crippen LogP contribution in [0.2, 0.25) is 0 Å². The van der Waals surface area contributed by atoms with Crippen molar-refractivity contribution in [3.63, 3.8) is 0 Å². The lowest BCUT2D eigenvalue weighted by Crippen LogP contribution is -2.31. The van der Waals surface area contributed by atoms with Crippen LogP contribution in [0, 0.1) is 5.92 Å². The third-order valence-corrected chi connectivity index (χ3v) is 4.67. The summed E-state index contributed by atoms with van der Waals surface area (Å²) in [4.78, 5) is 25.3. The molecule has 0 N–H and O–H groups in total. The van der Waals surface area contributed by atoms with E-state index in [-0.39, 0.29) is 17.8 Å². The molecule has 1 aromatic rings. The van der Waals surface area contributed by atoms with Crippen molar-refractivity contribution in [2.45, 2.75) is 30.5 Å². The second kappa shape index (κ2) is 6.00. The van der Waals surface area contributed by atoms with Gasteiger partial charge >= 0.3 is 5.97 Å². The number of nitrogens with zero attached hydrogens (tertiary/aromatic N) is 5. The molecule has 1 saturated carbocycles. The number of aromatic nitrogens is 4. The smallest absolute Gasteiger partial charge is 0.310 e. The highest BCUT2D eigenvalue weighted by Crippen LogP contribution is 2.36. The third kappa shape index (κ3) is 3.17. The van der Waals surface area contributed by atoms with Gasteiger partial charge in [-0.1, -0.05) is 11.8 Å². The van der Waals surface area contributed by atoms with Crippen molar-refractivity contribution in [3.8, 4) is 0 Å². The summed E-state index contributed by atoms with van der Waals surface area (Å²) in [5.74, 6) is -0.130. The number of hydrogen-bond donors (Lipinski definition) is 0. The number of amides is 1. The van der Waals surface area contributed by atoms with Crippen LogP contribution in [0.1, 0.15) is 25.3 Å². The molecule has 0 radical (unpaired) electrons. The van der Waals surface area contributed by atoms with E-state index in [2.05, 4.69) is 15.5 Å². The third-order valence-electron chi connectivity index (χ3n) is 3.76. The van der Waals surface area contributed by atoms with Crippen molar-refractivity contribution in [1.29, 1.82) is 0 Å². The normalized spacial score (nSPS) is 21.6. The lowest BCUT2D eigenvalue weighted by molar-refractivity contribution is -0.145. The van der Waals surface area contributed by atoms with Crippen molar-refractivity contribution >= 4 is 23.6 Å². The lowest BCUT2D eigenvalue weighted by atomic mass is 10.1. The Hall–Kier alpha value is -1.64. The summed E-state index contributed by atoms with van der Waals surface area (Å²) in [5.41, 5.74) is 0. The Morgan fingerprint density at radius 1 is 1.38 bits per heavy atom. The number of esters is 1. The van der Waals surface area contributed by atoms with Crippen molar-refractivity contribution in [2.75, 3.05) is 26.0 Å². The molecule has 9 heteroatoms. The summed E-state index contributed by atoms with van der Waals surface area (Å²) in [6.45, 7) is 1.05. The molecule has 1 aliphatic carbocycles. The maximum Gasteiger partial charge on any atom is 0.310 e. The number of likely N-dealkylation sites (tertiary alicyclic amines) is 1. The monoisotopic (exact) mass is 311 g/mol. The molecule has 21 heavy (non-hydrogen) atoms. The Bertz CT molecular complexity index is 545. The summed E-state index contributed by atoms with van der Waals surface area (Å²) >= 11 is 1.35. The molecule has 0 aromatic carbocycles. The van der Waals surface area contributed by atoms with Gasteiger partial charge in [0.05, 0.1) is 24.8 Å². The van der Waals surface area contributed by atoms with Gasteiger partial charge in [-0.3, -0.25) is 9.59 Å². The van der Waals surface area contributed by atoms with Crippen molar-refractivity contribution < 1.29 is 14.3 Å². The number of tetrazole rings is 1. The molecular formula is C12H17N5O3S. The molecule has 0 bridgehead atoms. The minimum Gasteiger partial charge on any atom is -0.469 e. The summed E-state index contributed by atoms with van der Waals surface area (Å²) in [6, 6.07) is 0.396. The van der Waals surface area contributed by atoms with Gasteiger partial charge in [0.25, 0.3) is 0 Å². The van der Waals surface area contributed by atoms with E-state index < -0.39 is 0 Å². The maximum atomic E-state index is 12.2. The Labute approximate surface area is 126 Å². The largest absolute Gasteiger partial charge is 0.469 e. The van der Waals surface area contributed by atoms with Gasteiger partial charge in [0.1, 0.15) is 0 Å². The maximum absolute atomic E-state index is 12.2. The molecule has 1 aromatic heterocycles. The highest BCUT2D eigenvalue weighted by Gasteiger charge is 2.32. The number of thioether (sulfide) groups is 1. The average Bonchev–Trinajstić information content (AvgIpc) is 3.04. The zero-order valence-electron chi connectivity index (χ0n) is 11.8. The fourth-order valence-corrected chi connectivity index (χ4v) is 3.24. The van der Waals surface area contributed by atoms with E-state index in [9.17, 15) is 9.59 Å². The van der Waals surface area contributed by atoms with Crippen LogP contribution < -0.4 is 0 Å². The fraction of sp³-hybridized carbons (Fsp3) is 0.750. The molecule has 1 unspecified atom stereocenters. The molecule has 2 heterocycles. The van der Waals surface area contributed by atoms with E-state index in [0.717, 1.165) is 12.8 Å². The molecule has 8 nitrogen and oxygen atoms in total. The molecular weight excluding hydrogens is 294 g/mol. The fourth-order valence-electron chi connectivity index (χ4n) is 2.39. The SMILES string of the molecule is COC(=O)C1CCN(C(=O)CSc2nnnn2C2CC2)C1. The van der Waals surface area contributed by atoms with E-state index in [1.807, 2.05) is 0 Å². The Morgan fingerprint density at radius 3 is 2.90 bits per heavy atom. The average molecular weight is 311 g/mol. The van der Waals surface area contributed by atoms with Crippen LogP contribution in [-0.2, 0) is 14.3 Å². The first-order valence-corrected chi connectivity index (χ1v) is 7.94. The van der Waals surface area contributed by atoms with Crippen LogP contribution in [0.5, 0.6) is 0 Å². The van der Waals surface area contributed by atoms with Gasteiger partial charge in [0.2, 0.25) is 11.1 Å². The van der Waals surface area contributed by atoms with E-state index >= 15 is 0 Å². The number of hydrogen-bond acceptors (Lipinski definition) is 7. The van der Waals surface area contributed by atoms with Gasteiger partial charge in [-0.2, -0.15) is 0 Å². The number of methoxy groups -OCH3 is 1. The number of rotatable bonds is 5. The molecule has 1 amide bonds. The zero-order valence-corrected chi connectivity index (χ0v) is 12.6. The van der Waals surface area contributed by atoms with Crippen LogP contribution in [-0.4, -0.2) is 62.9 Å². The van der Waals surface area contributed by atoms with Gasteiger partial charge in [-0.15, -0.1) is 5.10 Å². The van der Waals surface area contributed by atoms with E-state index in [4.69, 9.17) is 4.74 Å². The molecule has 2 fully saturated rings. The van der Waals surface area contributed by atoms with Gasteiger partial charge in [0, 0.05) is 13.1 Å². The number of ether oxygens (including phenoxy) is 1.